The van der Waals surface area contributed by atoms with Gasteiger partial charge in [-0.25, -0.2) is 0 Å². The summed E-state index contributed by atoms with van der Waals surface area (Å²) >= 11 is 0. The summed E-state index contributed by atoms with van der Waals surface area (Å²) in [4.78, 5) is 12.0. The van der Waals surface area contributed by atoms with Crippen molar-refractivity contribution < 1.29 is 24.5 Å². The van der Waals surface area contributed by atoms with Crippen LogP contribution in [0, 0.1) is 0 Å². The highest BCUT2D eigenvalue weighted by Crippen LogP contribution is 2.53. The van der Waals surface area contributed by atoms with Gasteiger partial charge < -0.3 is 25.0 Å². The second-order valence-corrected chi connectivity index (χ2v) is 5.61. The number of amides is 1. The minimum absolute atomic E-state index is 0.120. The molecule has 1 aromatic rings. The molecule has 6 heteroatoms. The van der Waals surface area contributed by atoms with E-state index in [2.05, 4.69) is 5.32 Å². The number of nitrogens with one attached hydrogen (secondary N) is 1. The average Bonchev–Trinajstić information content (AvgIpc) is 2.86. The molecule has 4 atom stereocenters. The van der Waals surface area contributed by atoms with E-state index in [1.54, 1.807) is 19.2 Å². The van der Waals surface area contributed by atoms with Gasteiger partial charge in [0.25, 0.3) is 0 Å². The van der Waals surface area contributed by atoms with E-state index in [4.69, 9.17) is 9.47 Å². The van der Waals surface area contributed by atoms with Gasteiger partial charge in [-0.2, -0.15) is 0 Å². The van der Waals surface area contributed by atoms with Crippen LogP contribution in [-0.2, 0) is 10.2 Å². The smallest absolute Gasteiger partial charge is 0.221 e. The second-order valence-electron chi connectivity index (χ2n) is 5.61. The number of hydrogen-bond acceptors (Lipinski definition) is 5. The Morgan fingerprint density at radius 3 is 2.91 bits per heavy atom. The maximum absolute atomic E-state index is 12.0. The molecule has 6 nitrogen and oxygen atoms in total. The molecule has 2 aliphatic rings. The summed E-state index contributed by atoms with van der Waals surface area (Å²) in [5, 5.41) is 22.8. The molecule has 0 saturated carbocycles. The summed E-state index contributed by atoms with van der Waals surface area (Å²) in [6.07, 6.45) is 0.512. The van der Waals surface area contributed by atoms with Crippen LogP contribution in [0.1, 0.15) is 12.0 Å². The minimum Gasteiger partial charge on any atom is -0.493 e. The lowest BCUT2D eigenvalue weighted by Gasteiger charge is -2.38. The zero-order chi connectivity index (χ0) is 15.9. The summed E-state index contributed by atoms with van der Waals surface area (Å²) in [6.45, 7) is 0. The largest absolute Gasteiger partial charge is 0.493 e. The van der Waals surface area contributed by atoms with Gasteiger partial charge in [0.15, 0.2) is 11.5 Å². The summed E-state index contributed by atoms with van der Waals surface area (Å²) < 4.78 is 11.2. The first-order chi connectivity index (χ1) is 10.5. The number of hydrogen-bond donors (Lipinski definition) is 3. The number of para-hydroxylation sites is 1. The molecule has 1 heterocycles. The van der Waals surface area contributed by atoms with Gasteiger partial charge in [0, 0.05) is 19.0 Å². The first-order valence-corrected chi connectivity index (χ1v) is 7.13. The molecule has 118 valence electrons. The van der Waals surface area contributed by atoms with Crippen LogP contribution in [-0.4, -0.2) is 48.6 Å². The van der Waals surface area contributed by atoms with Crippen LogP contribution in [0.2, 0.25) is 0 Å². The number of benzene rings is 1. The van der Waals surface area contributed by atoms with Gasteiger partial charge in [-0.05, 0) is 6.07 Å². The monoisotopic (exact) mass is 305 g/mol. The van der Waals surface area contributed by atoms with Crippen molar-refractivity contribution in [3.8, 4) is 11.5 Å². The van der Waals surface area contributed by atoms with E-state index in [1.165, 1.54) is 13.2 Å². The number of carbonyl (C=O) groups excluding carboxylic acids is 1. The highest BCUT2D eigenvalue weighted by Gasteiger charge is 2.55. The van der Waals surface area contributed by atoms with Crippen molar-refractivity contribution in [3.63, 3.8) is 0 Å². The van der Waals surface area contributed by atoms with Crippen LogP contribution in [0.25, 0.3) is 0 Å². The fourth-order valence-corrected chi connectivity index (χ4v) is 3.28. The summed E-state index contributed by atoms with van der Waals surface area (Å²) in [5.74, 6) is 0.882. The number of aliphatic hydroxyl groups is 2. The van der Waals surface area contributed by atoms with E-state index in [-0.39, 0.29) is 12.3 Å². The van der Waals surface area contributed by atoms with Crippen molar-refractivity contribution in [2.24, 2.45) is 0 Å². The topological polar surface area (TPSA) is 88.0 Å². The van der Waals surface area contributed by atoms with Crippen molar-refractivity contribution in [1.82, 2.24) is 5.32 Å². The van der Waals surface area contributed by atoms with Crippen molar-refractivity contribution >= 4 is 5.91 Å². The van der Waals surface area contributed by atoms with E-state index in [1.807, 2.05) is 12.1 Å². The van der Waals surface area contributed by atoms with Gasteiger partial charge in [-0.15, -0.1) is 0 Å². The van der Waals surface area contributed by atoms with Gasteiger partial charge in [0.2, 0.25) is 5.91 Å². The number of fused-ring (bicyclic) bond motifs is 3. The van der Waals surface area contributed by atoms with E-state index in [0.29, 0.717) is 11.5 Å². The van der Waals surface area contributed by atoms with Crippen LogP contribution in [0.15, 0.2) is 30.4 Å². The Morgan fingerprint density at radius 2 is 2.23 bits per heavy atom. The minimum atomic E-state index is -1.12. The number of rotatable bonds is 3. The molecule has 0 fully saturated rings. The molecule has 3 rings (SSSR count). The Bertz CT molecular complexity index is 629. The van der Waals surface area contributed by atoms with Crippen molar-refractivity contribution in [2.45, 2.75) is 30.1 Å². The molecule has 0 unspecified atom stereocenters. The maximum Gasteiger partial charge on any atom is 0.221 e. The lowest BCUT2D eigenvalue weighted by Crippen LogP contribution is -2.53. The molecule has 22 heavy (non-hydrogen) atoms. The molecule has 0 spiro atoms. The first-order valence-electron chi connectivity index (χ1n) is 7.13. The first kappa shape index (κ1) is 14.9. The zero-order valence-electron chi connectivity index (χ0n) is 12.4. The molecule has 0 saturated heterocycles. The Labute approximate surface area is 128 Å². The number of ether oxygens (including phenoxy) is 2. The highest BCUT2D eigenvalue weighted by atomic mass is 16.5. The highest BCUT2D eigenvalue weighted by molar-refractivity contribution is 5.79. The molecule has 1 aliphatic heterocycles. The van der Waals surface area contributed by atoms with Crippen LogP contribution in [0.3, 0.4) is 0 Å². The van der Waals surface area contributed by atoms with Gasteiger partial charge in [-0.1, -0.05) is 24.3 Å². The quantitative estimate of drug-likeness (QED) is 0.691. The van der Waals surface area contributed by atoms with E-state index in [9.17, 15) is 15.0 Å². The molecule has 1 aliphatic carbocycles. The Balaban J connectivity index is 2.16. The van der Waals surface area contributed by atoms with E-state index < -0.39 is 23.7 Å². The lowest BCUT2D eigenvalue weighted by molar-refractivity contribution is -0.123. The molecule has 0 radical (unpaired) electrons. The van der Waals surface area contributed by atoms with Gasteiger partial charge >= 0.3 is 0 Å². The average molecular weight is 305 g/mol. The van der Waals surface area contributed by atoms with Gasteiger partial charge in [0.05, 0.1) is 12.5 Å². The predicted octanol–water partition coefficient (Wildman–Crippen LogP) is 0.122. The number of methoxy groups -OCH3 is 1. The standard InChI is InChI=1S/C16H19NO5/c1-17-12(19)8-16-7-6-10(18)13(20)15(16)22-14-9(16)4-3-5-11(14)21-2/h3-7,10,13,15,18,20H,8H2,1-2H3,(H,17,19)/t10-,13+,15-,16+/m0/s1. The number of aliphatic hydroxyl groups excluding tert-OH is 2. The Hall–Kier alpha value is -2.05. The van der Waals surface area contributed by atoms with Crippen LogP contribution in [0.4, 0.5) is 0 Å². The third-order valence-corrected chi connectivity index (χ3v) is 4.44. The molecule has 3 N–H and O–H groups in total. The second kappa shape index (κ2) is 5.30. The maximum atomic E-state index is 12.0. The summed E-state index contributed by atoms with van der Waals surface area (Å²) in [5.41, 5.74) is -0.0366. The van der Waals surface area contributed by atoms with Crippen molar-refractivity contribution in [1.29, 1.82) is 0 Å². The summed E-state index contributed by atoms with van der Waals surface area (Å²) in [6, 6.07) is 5.44. The van der Waals surface area contributed by atoms with Gasteiger partial charge in [0.1, 0.15) is 18.3 Å². The number of carbonyl (C=O) groups is 1. The van der Waals surface area contributed by atoms with E-state index >= 15 is 0 Å². The Kier molecular flexibility index (Phi) is 3.58. The molecular formula is C16H19NO5. The van der Waals surface area contributed by atoms with Crippen molar-refractivity contribution in [3.05, 3.63) is 35.9 Å². The Morgan fingerprint density at radius 1 is 1.45 bits per heavy atom. The molecular weight excluding hydrogens is 286 g/mol. The van der Waals surface area contributed by atoms with Crippen molar-refractivity contribution in [2.75, 3.05) is 14.2 Å². The zero-order valence-corrected chi connectivity index (χ0v) is 12.4. The molecule has 1 amide bonds. The third-order valence-electron chi connectivity index (χ3n) is 4.44. The predicted molar refractivity (Wildman–Crippen MR) is 78.9 cm³/mol. The molecule has 0 aromatic heterocycles. The van der Waals surface area contributed by atoms with Crippen LogP contribution < -0.4 is 14.8 Å². The van der Waals surface area contributed by atoms with Gasteiger partial charge in [-0.3, -0.25) is 4.79 Å². The SMILES string of the molecule is CNC(=O)C[C@@]12C=C[C@H](O)[C@@H](O)[C@@H]1Oc1c(OC)cccc12. The summed E-state index contributed by atoms with van der Waals surface area (Å²) in [7, 11) is 3.10. The fraction of sp³-hybridized carbons (Fsp3) is 0.438. The fourth-order valence-electron chi connectivity index (χ4n) is 3.28. The van der Waals surface area contributed by atoms with E-state index in [0.717, 1.165) is 5.56 Å². The third kappa shape index (κ3) is 1.99. The lowest BCUT2D eigenvalue weighted by atomic mass is 9.68. The van der Waals surface area contributed by atoms with Crippen LogP contribution >= 0.6 is 0 Å². The van der Waals surface area contributed by atoms with Crippen LogP contribution in [0.5, 0.6) is 11.5 Å². The normalized spacial score (nSPS) is 31.9. The molecule has 1 aromatic carbocycles. The molecule has 0 bridgehead atoms.